The van der Waals surface area contributed by atoms with Crippen molar-refractivity contribution in [2.45, 2.75) is 65.5 Å². The maximum atomic E-state index is 13.1. The third-order valence-electron chi connectivity index (χ3n) is 6.67. The van der Waals surface area contributed by atoms with Crippen molar-refractivity contribution in [1.82, 2.24) is 15.5 Å². The van der Waals surface area contributed by atoms with Crippen LogP contribution in [0, 0.1) is 12.8 Å². The number of imide groups is 1. The molecule has 1 aliphatic heterocycles. The first-order valence-electron chi connectivity index (χ1n) is 11.7. The summed E-state index contributed by atoms with van der Waals surface area (Å²) in [6.07, 6.45) is 1.07. The summed E-state index contributed by atoms with van der Waals surface area (Å²) in [6.45, 7) is 11.7. The molecule has 4 amide bonds. The number of rotatable bonds is 8. The van der Waals surface area contributed by atoms with Crippen LogP contribution in [0.15, 0.2) is 48.5 Å². The molecule has 0 aliphatic carbocycles. The second-order valence-corrected chi connectivity index (χ2v) is 9.58. The molecular formula is C27H35N3O3. The zero-order chi connectivity index (χ0) is 24.3. The summed E-state index contributed by atoms with van der Waals surface area (Å²) >= 11 is 0. The average Bonchev–Trinajstić information content (AvgIpc) is 3.01. The van der Waals surface area contributed by atoms with Crippen LogP contribution >= 0.6 is 0 Å². The van der Waals surface area contributed by atoms with Gasteiger partial charge in [-0.15, -0.1) is 0 Å². The van der Waals surface area contributed by atoms with Crippen molar-refractivity contribution in [1.29, 1.82) is 0 Å². The van der Waals surface area contributed by atoms with Crippen molar-refractivity contribution in [3.05, 3.63) is 70.8 Å². The van der Waals surface area contributed by atoms with Gasteiger partial charge in [-0.25, -0.2) is 4.79 Å². The molecule has 2 N–H and O–H groups in total. The quantitative estimate of drug-likeness (QED) is 0.569. The topological polar surface area (TPSA) is 78.5 Å². The molecule has 0 saturated carbocycles. The Bertz CT molecular complexity index is 1010. The van der Waals surface area contributed by atoms with Gasteiger partial charge in [-0.1, -0.05) is 81.8 Å². The van der Waals surface area contributed by atoms with Crippen LogP contribution in [0.5, 0.6) is 0 Å². The van der Waals surface area contributed by atoms with Crippen molar-refractivity contribution in [2.24, 2.45) is 5.92 Å². The molecule has 1 aliphatic rings. The number of benzene rings is 2. The second kappa shape index (κ2) is 9.77. The Morgan fingerprint density at radius 2 is 1.58 bits per heavy atom. The minimum atomic E-state index is -1.19. The summed E-state index contributed by atoms with van der Waals surface area (Å²) in [5.74, 6) is -0.167. The predicted molar refractivity (Wildman–Crippen MR) is 130 cm³/mol. The molecule has 6 nitrogen and oxygen atoms in total. The summed E-state index contributed by atoms with van der Waals surface area (Å²) in [5.41, 5.74) is 2.84. The van der Waals surface area contributed by atoms with Crippen molar-refractivity contribution in [3.8, 4) is 0 Å². The van der Waals surface area contributed by atoms with Gasteiger partial charge in [0.1, 0.15) is 12.1 Å². The molecule has 176 valence electrons. The molecule has 1 saturated heterocycles. The lowest BCUT2D eigenvalue weighted by Gasteiger charge is -2.25. The molecule has 2 aromatic rings. The maximum absolute atomic E-state index is 13.1. The SMILES string of the molecule is CCC(C)c1ccc(C(NC(=O)CN2C(=O)NC(C)(c3ccc(C)cc3)C2=O)C(C)C)cc1. The molecule has 3 unspecified atom stereocenters. The lowest BCUT2D eigenvalue weighted by molar-refractivity contribution is -0.135. The summed E-state index contributed by atoms with van der Waals surface area (Å²) in [4.78, 5) is 39.7. The highest BCUT2D eigenvalue weighted by molar-refractivity contribution is 6.09. The zero-order valence-corrected chi connectivity index (χ0v) is 20.4. The number of urea groups is 1. The van der Waals surface area contributed by atoms with E-state index in [1.807, 2.05) is 45.0 Å². The normalized spacial score (nSPS) is 20.0. The van der Waals surface area contributed by atoms with Gasteiger partial charge in [0.2, 0.25) is 5.91 Å². The monoisotopic (exact) mass is 449 g/mol. The number of hydrogen-bond donors (Lipinski definition) is 2. The Morgan fingerprint density at radius 1 is 1.00 bits per heavy atom. The standard InChI is InChI=1S/C27H35N3O3/c1-7-19(5)20-10-12-21(13-11-20)24(17(2)3)28-23(31)16-30-25(32)27(6,29-26(30)33)22-14-8-18(4)9-15-22/h8-15,17,19,24H,7,16H2,1-6H3,(H,28,31)(H,29,33). The van der Waals surface area contributed by atoms with Crippen molar-refractivity contribution in [3.63, 3.8) is 0 Å². The van der Waals surface area contributed by atoms with Gasteiger partial charge in [0.05, 0.1) is 6.04 Å². The Morgan fingerprint density at radius 3 is 2.12 bits per heavy atom. The molecule has 1 fully saturated rings. The highest BCUT2D eigenvalue weighted by Gasteiger charge is 2.49. The summed E-state index contributed by atoms with van der Waals surface area (Å²) in [6, 6.07) is 15.0. The first-order chi connectivity index (χ1) is 15.6. The number of nitrogens with one attached hydrogen (secondary N) is 2. The van der Waals surface area contributed by atoms with Crippen molar-refractivity contribution < 1.29 is 14.4 Å². The number of amides is 4. The predicted octanol–water partition coefficient (Wildman–Crippen LogP) is 4.79. The third kappa shape index (κ3) is 5.10. The number of carbonyl (C=O) groups is 3. The molecule has 33 heavy (non-hydrogen) atoms. The Kier molecular flexibility index (Phi) is 7.25. The summed E-state index contributed by atoms with van der Waals surface area (Å²) < 4.78 is 0. The number of hydrogen-bond acceptors (Lipinski definition) is 3. The van der Waals surface area contributed by atoms with E-state index >= 15 is 0 Å². The van der Waals surface area contributed by atoms with E-state index in [4.69, 9.17) is 0 Å². The Balaban J connectivity index is 1.72. The first-order valence-corrected chi connectivity index (χ1v) is 11.7. The van der Waals surface area contributed by atoms with Crippen molar-refractivity contribution >= 4 is 17.8 Å². The van der Waals surface area contributed by atoms with Crippen LogP contribution in [0.25, 0.3) is 0 Å². The fourth-order valence-corrected chi connectivity index (χ4v) is 4.19. The van der Waals surface area contributed by atoms with E-state index in [0.29, 0.717) is 11.5 Å². The van der Waals surface area contributed by atoms with Crippen LogP contribution in [0.4, 0.5) is 4.79 Å². The van der Waals surface area contributed by atoms with Gasteiger partial charge in [0.15, 0.2) is 0 Å². The van der Waals surface area contributed by atoms with Gasteiger partial charge in [0.25, 0.3) is 5.91 Å². The number of aryl methyl sites for hydroxylation is 1. The molecule has 6 heteroatoms. The molecule has 2 aromatic carbocycles. The van der Waals surface area contributed by atoms with Crippen LogP contribution in [-0.4, -0.2) is 29.3 Å². The smallest absolute Gasteiger partial charge is 0.325 e. The van der Waals surface area contributed by atoms with Crippen LogP contribution in [0.3, 0.4) is 0 Å². The molecule has 3 atom stereocenters. The Hall–Kier alpha value is -3.15. The highest BCUT2D eigenvalue weighted by atomic mass is 16.2. The van der Waals surface area contributed by atoms with Crippen molar-refractivity contribution in [2.75, 3.05) is 6.54 Å². The van der Waals surface area contributed by atoms with Crippen LogP contribution in [0.2, 0.25) is 0 Å². The molecule has 0 spiro atoms. The summed E-state index contributed by atoms with van der Waals surface area (Å²) in [5, 5.41) is 5.78. The Labute approximate surface area is 196 Å². The number of carbonyl (C=O) groups excluding carboxylic acids is 3. The highest BCUT2D eigenvalue weighted by Crippen LogP contribution is 2.29. The van der Waals surface area contributed by atoms with E-state index in [2.05, 4.69) is 48.7 Å². The molecule has 0 radical (unpaired) electrons. The van der Waals surface area contributed by atoms with Gasteiger partial charge in [-0.05, 0) is 48.8 Å². The van der Waals surface area contributed by atoms with E-state index in [1.54, 1.807) is 6.92 Å². The molecule has 3 rings (SSSR count). The third-order valence-corrected chi connectivity index (χ3v) is 6.67. The van der Waals surface area contributed by atoms with E-state index < -0.39 is 17.5 Å². The lowest BCUT2D eigenvalue weighted by atomic mass is 9.91. The fraction of sp³-hybridized carbons (Fsp3) is 0.444. The molecule has 1 heterocycles. The first kappa shape index (κ1) is 24.5. The van der Waals surface area contributed by atoms with E-state index in [1.165, 1.54) is 5.56 Å². The average molecular weight is 450 g/mol. The van der Waals surface area contributed by atoms with Gasteiger partial charge >= 0.3 is 6.03 Å². The van der Waals surface area contributed by atoms with E-state index in [9.17, 15) is 14.4 Å². The van der Waals surface area contributed by atoms with Gasteiger partial charge < -0.3 is 10.6 Å². The fourth-order valence-electron chi connectivity index (χ4n) is 4.19. The van der Waals surface area contributed by atoms with Crippen LogP contribution in [0.1, 0.15) is 75.3 Å². The minimum Gasteiger partial charge on any atom is -0.347 e. The zero-order valence-electron chi connectivity index (χ0n) is 20.4. The molecule has 0 bridgehead atoms. The van der Waals surface area contributed by atoms with Gasteiger partial charge in [-0.2, -0.15) is 0 Å². The summed E-state index contributed by atoms with van der Waals surface area (Å²) in [7, 11) is 0. The van der Waals surface area contributed by atoms with E-state index in [-0.39, 0.29) is 24.4 Å². The minimum absolute atomic E-state index is 0.143. The number of nitrogens with zero attached hydrogens (tertiary/aromatic N) is 1. The molecular weight excluding hydrogens is 414 g/mol. The van der Waals surface area contributed by atoms with Gasteiger partial charge in [-0.3, -0.25) is 14.5 Å². The largest absolute Gasteiger partial charge is 0.347 e. The maximum Gasteiger partial charge on any atom is 0.325 e. The molecule has 0 aromatic heterocycles. The second-order valence-electron chi connectivity index (χ2n) is 9.58. The lowest BCUT2D eigenvalue weighted by Crippen LogP contribution is -2.44. The van der Waals surface area contributed by atoms with Crippen LogP contribution < -0.4 is 10.6 Å². The van der Waals surface area contributed by atoms with E-state index in [0.717, 1.165) is 22.4 Å². The van der Waals surface area contributed by atoms with Crippen LogP contribution in [-0.2, 0) is 15.1 Å². The van der Waals surface area contributed by atoms with Gasteiger partial charge in [0, 0.05) is 0 Å².